The lowest BCUT2D eigenvalue weighted by Crippen LogP contribution is -2.35. The number of hydrogen-bond donors (Lipinski definition) is 0. The van der Waals surface area contributed by atoms with Crippen LogP contribution < -0.4 is 0 Å². The van der Waals surface area contributed by atoms with Crippen LogP contribution in [-0.2, 0) is 11.3 Å². The molecule has 0 saturated carbocycles. The van der Waals surface area contributed by atoms with Gasteiger partial charge >= 0.3 is 0 Å². The maximum atomic E-state index is 12.5. The van der Waals surface area contributed by atoms with Gasteiger partial charge in [0.2, 0.25) is 5.91 Å². The quantitative estimate of drug-likeness (QED) is 0.717. The number of carbonyl (C=O) groups is 1. The summed E-state index contributed by atoms with van der Waals surface area (Å²) in [5, 5.41) is 8.90. The van der Waals surface area contributed by atoms with Gasteiger partial charge in [-0.2, -0.15) is 5.26 Å². The molecular weight excluding hydrogens is 354 g/mol. The monoisotopic (exact) mass is 379 g/mol. The molecule has 0 unspecified atom stereocenters. The summed E-state index contributed by atoms with van der Waals surface area (Å²) in [4.78, 5) is 18.2. The summed E-state index contributed by atoms with van der Waals surface area (Å²) >= 11 is 1.74. The minimum Gasteiger partial charge on any atom is -0.341 e. The van der Waals surface area contributed by atoms with Crippen LogP contribution in [0.25, 0.3) is 0 Å². The molecule has 140 valence electrons. The van der Waals surface area contributed by atoms with Crippen LogP contribution in [0.4, 0.5) is 0 Å². The Labute approximate surface area is 165 Å². The maximum Gasteiger partial charge on any atom is 0.223 e. The van der Waals surface area contributed by atoms with Crippen molar-refractivity contribution >= 4 is 17.7 Å². The largest absolute Gasteiger partial charge is 0.341 e. The summed E-state index contributed by atoms with van der Waals surface area (Å²) in [5.74, 6) is 1.09. The molecule has 2 aromatic rings. The third-order valence-electron chi connectivity index (χ3n) is 4.76. The molecule has 1 saturated heterocycles. The molecule has 2 aromatic carbocycles. The highest BCUT2D eigenvalue weighted by atomic mass is 32.2. The van der Waals surface area contributed by atoms with Crippen molar-refractivity contribution in [2.45, 2.75) is 24.3 Å². The average molecular weight is 380 g/mol. The molecule has 1 amide bonds. The van der Waals surface area contributed by atoms with E-state index in [0.29, 0.717) is 12.0 Å². The van der Waals surface area contributed by atoms with Crippen molar-refractivity contribution in [1.29, 1.82) is 5.26 Å². The van der Waals surface area contributed by atoms with Crippen LogP contribution in [0.15, 0.2) is 59.5 Å². The van der Waals surface area contributed by atoms with E-state index in [1.165, 1.54) is 10.5 Å². The molecule has 0 atom stereocenters. The van der Waals surface area contributed by atoms with Gasteiger partial charge < -0.3 is 4.90 Å². The van der Waals surface area contributed by atoms with E-state index < -0.39 is 0 Å². The maximum absolute atomic E-state index is 12.5. The van der Waals surface area contributed by atoms with Crippen LogP contribution in [0.1, 0.15) is 24.0 Å². The second kappa shape index (κ2) is 10.1. The third-order valence-corrected chi connectivity index (χ3v) is 5.77. The molecule has 1 heterocycles. The van der Waals surface area contributed by atoms with Crippen LogP contribution >= 0.6 is 11.8 Å². The second-order valence-electron chi connectivity index (χ2n) is 6.73. The lowest BCUT2D eigenvalue weighted by Gasteiger charge is -2.22. The van der Waals surface area contributed by atoms with Gasteiger partial charge in [-0.15, -0.1) is 11.8 Å². The van der Waals surface area contributed by atoms with Crippen molar-refractivity contribution in [3.8, 4) is 6.07 Å². The lowest BCUT2D eigenvalue weighted by atomic mass is 10.1. The summed E-state index contributed by atoms with van der Waals surface area (Å²) in [6.45, 7) is 4.42. The highest BCUT2D eigenvalue weighted by molar-refractivity contribution is 7.99. The Morgan fingerprint density at radius 1 is 1.00 bits per heavy atom. The Morgan fingerprint density at radius 2 is 1.78 bits per heavy atom. The molecule has 1 aliphatic rings. The topological polar surface area (TPSA) is 47.3 Å². The first kappa shape index (κ1) is 19.5. The Morgan fingerprint density at radius 3 is 2.52 bits per heavy atom. The van der Waals surface area contributed by atoms with Crippen LogP contribution in [0.3, 0.4) is 0 Å². The molecule has 0 radical (unpaired) electrons. The average Bonchev–Trinajstić information content (AvgIpc) is 2.95. The Bertz CT molecular complexity index is 770. The van der Waals surface area contributed by atoms with Gasteiger partial charge in [0.1, 0.15) is 0 Å². The van der Waals surface area contributed by atoms with Gasteiger partial charge in [0.25, 0.3) is 0 Å². The number of benzene rings is 2. The van der Waals surface area contributed by atoms with Crippen LogP contribution in [-0.4, -0.2) is 47.6 Å². The molecule has 3 rings (SSSR count). The zero-order valence-electron chi connectivity index (χ0n) is 15.5. The first-order valence-electron chi connectivity index (χ1n) is 9.41. The predicted octanol–water partition coefficient (Wildman–Crippen LogP) is 3.77. The summed E-state index contributed by atoms with van der Waals surface area (Å²) < 4.78 is 0. The van der Waals surface area contributed by atoms with Crippen molar-refractivity contribution in [1.82, 2.24) is 9.80 Å². The minimum absolute atomic E-state index is 0.263. The zero-order chi connectivity index (χ0) is 18.9. The number of nitrogens with zero attached hydrogens (tertiary/aromatic N) is 3. The van der Waals surface area contributed by atoms with Gasteiger partial charge in [-0.05, 0) is 36.2 Å². The molecule has 0 bridgehead atoms. The van der Waals surface area contributed by atoms with E-state index in [1.54, 1.807) is 11.8 Å². The van der Waals surface area contributed by atoms with Crippen molar-refractivity contribution in [3.63, 3.8) is 0 Å². The smallest absolute Gasteiger partial charge is 0.223 e. The van der Waals surface area contributed by atoms with Gasteiger partial charge in [0.15, 0.2) is 0 Å². The van der Waals surface area contributed by atoms with E-state index in [4.69, 9.17) is 5.26 Å². The van der Waals surface area contributed by atoms with Crippen molar-refractivity contribution in [2.24, 2.45) is 0 Å². The van der Waals surface area contributed by atoms with Crippen molar-refractivity contribution in [3.05, 3.63) is 65.7 Å². The number of rotatable bonds is 6. The molecule has 1 aliphatic heterocycles. The highest BCUT2D eigenvalue weighted by Crippen LogP contribution is 2.18. The first-order chi connectivity index (χ1) is 13.2. The number of nitriles is 1. The second-order valence-corrected chi connectivity index (χ2v) is 7.90. The van der Waals surface area contributed by atoms with Crippen LogP contribution in [0.5, 0.6) is 0 Å². The van der Waals surface area contributed by atoms with Gasteiger partial charge in [-0.3, -0.25) is 9.69 Å². The van der Waals surface area contributed by atoms with E-state index in [9.17, 15) is 4.79 Å². The molecule has 1 fully saturated rings. The SMILES string of the molecule is N#Cc1ccc(CN2CCCN(C(=O)CCSc3ccccc3)CC2)cc1. The summed E-state index contributed by atoms with van der Waals surface area (Å²) in [6, 6.07) is 20.2. The molecule has 4 nitrogen and oxygen atoms in total. The fraction of sp³-hybridized carbons (Fsp3) is 0.364. The molecule has 0 aromatic heterocycles. The van der Waals surface area contributed by atoms with E-state index in [2.05, 4.69) is 23.1 Å². The summed E-state index contributed by atoms with van der Waals surface area (Å²) in [5.41, 5.74) is 1.91. The van der Waals surface area contributed by atoms with Crippen LogP contribution in [0, 0.1) is 11.3 Å². The molecule has 0 N–H and O–H groups in total. The normalized spacial score (nSPS) is 15.1. The predicted molar refractivity (Wildman–Crippen MR) is 109 cm³/mol. The molecule has 5 heteroatoms. The van der Waals surface area contributed by atoms with Crippen LogP contribution in [0.2, 0.25) is 0 Å². The minimum atomic E-state index is 0.263. The molecule has 27 heavy (non-hydrogen) atoms. The van der Waals surface area contributed by atoms with Gasteiger partial charge in [-0.25, -0.2) is 0 Å². The molecule has 0 spiro atoms. The zero-order valence-corrected chi connectivity index (χ0v) is 16.3. The van der Waals surface area contributed by atoms with Crippen molar-refractivity contribution in [2.75, 3.05) is 31.9 Å². The molecule has 0 aliphatic carbocycles. The molecular formula is C22H25N3OS. The van der Waals surface area contributed by atoms with E-state index in [1.807, 2.05) is 47.4 Å². The van der Waals surface area contributed by atoms with E-state index in [0.717, 1.165) is 44.9 Å². The van der Waals surface area contributed by atoms with Gasteiger partial charge in [0, 0.05) is 49.8 Å². The van der Waals surface area contributed by atoms with Gasteiger partial charge in [0.05, 0.1) is 11.6 Å². The van der Waals surface area contributed by atoms with E-state index >= 15 is 0 Å². The summed E-state index contributed by atoms with van der Waals surface area (Å²) in [7, 11) is 0. The Balaban J connectivity index is 1.43. The third kappa shape index (κ3) is 6.13. The lowest BCUT2D eigenvalue weighted by molar-refractivity contribution is -0.130. The number of carbonyl (C=O) groups excluding carboxylic acids is 1. The number of thioether (sulfide) groups is 1. The standard InChI is InChI=1S/C22H25N3OS/c23-17-19-7-9-20(10-8-19)18-24-12-4-13-25(15-14-24)22(26)11-16-27-21-5-2-1-3-6-21/h1-3,5-10H,4,11-16,18H2. The van der Waals surface area contributed by atoms with E-state index in [-0.39, 0.29) is 5.91 Å². The summed E-state index contributed by atoms with van der Waals surface area (Å²) in [6.07, 6.45) is 1.60. The Hall–Kier alpha value is -2.29. The fourth-order valence-corrected chi connectivity index (χ4v) is 4.11. The number of amides is 1. The number of hydrogen-bond acceptors (Lipinski definition) is 4. The fourth-order valence-electron chi connectivity index (χ4n) is 3.25. The van der Waals surface area contributed by atoms with Crippen molar-refractivity contribution < 1.29 is 4.79 Å². The van der Waals surface area contributed by atoms with Gasteiger partial charge in [-0.1, -0.05) is 30.3 Å². The first-order valence-corrected chi connectivity index (χ1v) is 10.4. The highest BCUT2D eigenvalue weighted by Gasteiger charge is 2.19. The Kier molecular flexibility index (Phi) is 7.32.